The van der Waals surface area contributed by atoms with Crippen LogP contribution >= 0.6 is 46.4 Å². The Balaban J connectivity index is 2.42. The van der Waals surface area contributed by atoms with Gasteiger partial charge in [-0.25, -0.2) is 8.42 Å². The minimum absolute atomic E-state index is 0.0520. The van der Waals surface area contributed by atoms with Crippen molar-refractivity contribution in [3.05, 3.63) is 50.4 Å². The van der Waals surface area contributed by atoms with Crippen molar-refractivity contribution in [2.24, 2.45) is 0 Å². The molecule has 4 nitrogen and oxygen atoms in total. The van der Waals surface area contributed by atoms with E-state index in [9.17, 15) is 8.42 Å². The Kier molecular flexibility index (Phi) is 4.80. The molecule has 3 N–H and O–H groups in total. The normalized spacial score (nSPS) is 11.4. The van der Waals surface area contributed by atoms with E-state index in [1.165, 1.54) is 30.3 Å². The van der Waals surface area contributed by atoms with Crippen molar-refractivity contribution in [3.8, 4) is 0 Å². The van der Waals surface area contributed by atoms with Gasteiger partial charge in [-0.05, 0) is 30.3 Å². The zero-order chi connectivity index (χ0) is 15.8. The lowest BCUT2D eigenvalue weighted by molar-refractivity contribution is 0.601. The summed E-state index contributed by atoms with van der Waals surface area (Å²) < 4.78 is 26.9. The predicted octanol–water partition coefficient (Wildman–Crippen LogP) is 4.68. The van der Waals surface area contributed by atoms with Gasteiger partial charge in [-0.2, -0.15) is 0 Å². The molecular formula is C12H8Cl4N2O2S. The molecule has 9 heteroatoms. The first-order chi connectivity index (χ1) is 9.70. The highest BCUT2D eigenvalue weighted by Crippen LogP contribution is 2.33. The van der Waals surface area contributed by atoms with Gasteiger partial charge in [0, 0.05) is 0 Å². The van der Waals surface area contributed by atoms with Crippen LogP contribution < -0.4 is 10.5 Å². The highest BCUT2D eigenvalue weighted by molar-refractivity contribution is 7.92. The summed E-state index contributed by atoms with van der Waals surface area (Å²) in [5.74, 6) is 0. The average Bonchev–Trinajstić information content (AvgIpc) is 2.39. The minimum atomic E-state index is -3.88. The number of rotatable bonds is 3. The van der Waals surface area contributed by atoms with E-state index in [0.29, 0.717) is 0 Å². The lowest BCUT2D eigenvalue weighted by Crippen LogP contribution is -2.13. The van der Waals surface area contributed by atoms with Crippen molar-refractivity contribution < 1.29 is 8.42 Å². The maximum Gasteiger partial charge on any atom is 0.261 e. The Morgan fingerprint density at radius 3 is 2.10 bits per heavy atom. The highest BCUT2D eigenvalue weighted by atomic mass is 35.5. The van der Waals surface area contributed by atoms with Crippen molar-refractivity contribution in [1.82, 2.24) is 0 Å². The van der Waals surface area contributed by atoms with E-state index in [1.807, 2.05) is 0 Å². The monoisotopic (exact) mass is 384 g/mol. The topological polar surface area (TPSA) is 72.2 Å². The number of sulfonamides is 1. The molecule has 0 heterocycles. The van der Waals surface area contributed by atoms with Crippen LogP contribution in [0.1, 0.15) is 0 Å². The number of benzene rings is 2. The summed E-state index contributed by atoms with van der Waals surface area (Å²) in [6.45, 7) is 0. The number of hydrogen-bond donors (Lipinski definition) is 2. The largest absolute Gasteiger partial charge is 0.398 e. The van der Waals surface area contributed by atoms with Crippen molar-refractivity contribution >= 4 is 67.8 Å². The molecule has 112 valence electrons. The number of nitrogen functional groups attached to an aromatic ring is 1. The second-order valence-corrected chi connectivity index (χ2v) is 7.35. The second-order valence-electron chi connectivity index (χ2n) is 4.03. The number of nitrogens with two attached hydrogens (primary N) is 1. The highest BCUT2D eigenvalue weighted by Gasteiger charge is 2.18. The van der Waals surface area contributed by atoms with E-state index in [-0.39, 0.29) is 36.4 Å². The molecule has 0 aliphatic carbocycles. The summed E-state index contributed by atoms with van der Waals surface area (Å²) in [6, 6.07) is 6.63. The fraction of sp³-hybridized carbons (Fsp3) is 0. The maximum atomic E-state index is 12.3. The predicted molar refractivity (Wildman–Crippen MR) is 88.1 cm³/mol. The summed E-state index contributed by atoms with van der Waals surface area (Å²) >= 11 is 23.4. The third-order valence-corrected chi connectivity index (χ3v) is 5.26. The van der Waals surface area contributed by atoms with Crippen LogP contribution in [-0.4, -0.2) is 8.42 Å². The Labute approximate surface area is 141 Å². The summed E-state index contributed by atoms with van der Waals surface area (Å²) in [4.78, 5) is -0.0520. The molecule has 0 unspecified atom stereocenters. The van der Waals surface area contributed by atoms with Crippen LogP contribution in [0.5, 0.6) is 0 Å². The lowest BCUT2D eigenvalue weighted by atomic mass is 10.3. The van der Waals surface area contributed by atoms with Gasteiger partial charge in [0.2, 0.25) is 0 Å². The van der Waals surface area contributed by atoms with Gasteiger partial charge in [0.05, 0.1) is 36.4 Å². The Hall–Kier alpha value is -0.850. The van der Waals surface area contributed by atoms with Gasteiger partial charge in [0.25, 0.3) is 10.0 Å². The van der Waals surface area contributed by atoms with Crippen LogP contribution in [-0.2, 0) is 10.0 Å². The SMILES string of the molecule is Nc1ccc(S(=O)(=O)Nc2cc(Cl)c(Cl)cc2Cl)cc1Cl. The standard InChI is InChI=1S/C12H8Cl4N2O2S/c13-7-4-10(16)12(5-8(7)14)18-21(19,20)6-1-2-11(17)9(15)3-6/h1-5,18H,17H2. The molecule has 0 spiro atoms. The smallest absolute Gasteiger partial charge is 0.261 e. The van der Waals surface area contributed by atoms with E-state index >= 15 is 0 Å². The summed E-state index contributed by atoms with van der Waals surface area (Å²) in [6.07, 6.45) is 0. The first kappa shape index (κ1) is 16.5. The van der Waals surface area contributed by atoms with Crippen LogP contribution in [0, 0.1) is 0 Å². The van der Waals surface area contributed by atoms with Crippen LogP contribution in [0.4, 0.5) is 11.4 Å². The Morgan fingerprint density at radius 2 is 1.48 bits per heavy atom. The van der Waals surface area contributed by atoms with Crippen LogP contribution in [0.3, 0.4) is 0 Å². The molecule has 0 atom stereocenters. The van der Waals surface area contributed by atoms with Gasteiger partial charge in [0.1, 0.15) is 0 Å². The zero-order valence-electron chi connectivity index (χ0n) is 10.2. The lowest BCUT2D eigenvalue weighted by Gasteiger charge is -2.11. The Bertz CT molecular complexity index is 809. The second kappa shape index (κ2) is 6.10. The molecule has 2 aromatic rings. The van der Waals surface area contributed by atoms with Crippen molar-refractivity contribution in [1.29, 1.82) is 0 Å². The van der Waals surface area contributed by atoms with Crippen LogP contribution in [0.2, 0.25) is 20.1 Å². The molecule has 0 aromatic heterocycles. The third kappa shape index (κ3) is 3.67. The molecule has 0 saturated heterocycles. The maximum absolute atomic E-state index is 12.3. The summed E-state index contributed by atoms with van der Waals surface area (Å²) in [7, 11) is -3.88. The molecule has 2 rings (SSSR count). The van der Waals surface area contributed by atoms with Gasteiger partial charge in [-0.3, -0.25) is 4.72 Å². The van der Waals surface area contributed by atoms with E-state index < -0.39 is 10.0 Å². The van der Waals surface area contributed by atoms with Gasteiger partial charge in [-0.15, -0.1) is 0 Å². The molecule has 0 bridgehead atoms. The van der Waals surface area contributed by atoms with Gasteiger partial charge in [-0.1, -0.05) is 46.4 Å². The molecule has 0 saturated carbocycles. The molecule has 2 aromatic carbocycles. The molecule has 0 aliphatic heterocycles. The number of anilines is 2. The zero-order valence-corrected chi connectivity index (χ0v) is 14.0. The van der Waals surface area contributed by atoms with Crippen LogP contribution in [0.15, 0.2) is 35.2 Å². The van der Waals surface area contributed by atoms with Gasteiger partial charge >= 0.3 is 0 Å². The molecule has 21 heavy (non-hydrogen) atoms. The summed E-state index contributed by atoms with van der Waals surface area (Å²) in [5, 5.41) is 0.655. The molecule has 0 radical (unpaired) electrons. The fourth-order valence-electron chi connectivity index (χ4n) is 1.48. The molecular weight excluding hydrogens is 378 g/mol. The van der Waals surface area contributed by atoms with E-state index in [1.54, 1.807) is 0 Å². The van der Waals surface area contributed by atoms with Crippen LogP contribution in [0.25, 0.3) is 0 Å². The van der Waals surface area contributed by atoms with Crippen molar-refractivity contribution in [2.45, 2.75) is 4.90 Å². The van der Waals surface area contributed by atoms with Gasteiger partial charge < -0.3 is 5.73 Å². The molecule has 0 amide bonds. The number of hydrogen-bond acceptors (Lipinski definition) is 3. The average molecular weight is 386 g/mol. The summed E-state index contributed by atoms with van der Waals surface area (Å²) in [5.41, 5.74) is 5.94. The van der Waals surface area contributed by atoms with Crippen molar-refractivity contribution in [2.75, 3.05) is 10.5 Å². The van der Waals surface area contributed by atoms with E-state index in [0.717, 1.165) is 0 Å². The number of nitrogens with one attached hydrogen (secondary N) is 1. The van der Waals surface area contributed by atoms with Gasteiger partial charge in [0.15, 0.2) is 0 Å². The quantitative estimate of drug-likeness (QED) is 0.594. The van der Waals surface area contributed by atoms with E-state index in [2.05, 4.69) is 4.72 Å². The van der Waals surface area contributed by atoms with E-state index in [4.69, 9.17) is 52.1 Å². The third-order valence-electron chi connectivity index (χ3n) is 2.54. The first-order valence-corrected chi connectivity index (χ1v) is 8.42. The fourth-order valence-corrected chi connectivity index (χ4v) is 3.47. The Morgan fingerprint density at radius 1 is 0.857 bits per heavy atom. The van der Waals surface area contributed by atoms with Crippen molar-refractivity contribution in [3.63, 3.8) is 0 Å². The number of halogens is 4. The molecule has 0 aliphatic rings. The molecule has 0 fully saturated rings. The first-order valence-electron chi connectivity index (χ1n) is 5.43. The minimum Gasteiger partial charge on any atom is -0.398 e.